The summed E-state index contributed by atoms with van der Waals surface area (Å²) in [5, 5.41) is 13.4. The van der Waals surface area contributed by atoms with Crippen LogP contribution in [0.25, 0.3) is 0 Å². The SMILES string of the molecule is OC(CNCC1CC2CCC1C2)COC1CCCC1. The zero-order chi connectivity index (χ0) is 13.1. The Hall–Kier alpha value is -0.120. The van der Waals surface area contributed by atoms with Crippen molar-refractivity contribution in [2.24, 2.45) is 17.8 Å². The van der Waals surface area contributed by atoms with Crippen LogP contribution >= 0.6 is 0 Å². The van der Waals surface area contributed by atoms with Crippen molar-refractivity contribution in [1.82, 2.24) is 5.32 Å². The molecule has 3 saturated carbocycles. The topological polar surface area (TPSA) is 41.5 Å². The molecule has 3 rings (SSSR count). The molecule has 110 valence electrons. The smallest absolute Gasteiger partial charge is 0.0897 e. The molecular weight excluding hydrogens is 238 g/mol. The Kier molecular flexibility index (Phi) is 4.78. The molecule has 3 aliphatic rings. The molecule has 4 unspecified atom stereocenters. The van der Waals surface area contributed by atoms with Crippen molar-refractivity contribution in [1.29, 1.82) is 0 Å². The van der Waals surface area contributed by atoms with Gasteiger partial charge in [0.25, 0.3) is 0 Å². The molecule has 3 nitrogen and oxygen atoms in total. The first-order chi connectivity index (χ1) is 9.31. The molecule has 3 aliphatic carbocycles. The molecule has 0 saturated heterocycles. The minimum absolute atomic E-state index is 0.334. The van der Waals surface area contributed by atoms with E-state index in [4.69, 9.17) is 4.74 Å². The molecule has 2 N–H and O–H groups in total. The molecular formula is C16H29NO2. The lowest BCUT2D eigenvalue weighted by atomic mass is 9.89. The van der Waals surface area contributed by atoms with Crippen molar-refractivity contribution in [3.63, 3.8) is 0 Å². The number of aliphatic hydroxyl groups excluding tert-OH is 1. The third-order valence-electron chi connectivity index (χ3n) is 5.50. The molecule has 19 heavy (non-hydrogen) atoms. The molecule has 3 fully saturated rings. The minimum atomic E-state index is -0.334. The van der Waals surface area contributed by atoms with Crippen molar-refractivity contribution in [2.75, 3.05) is 19.7 Å². The van der Waals surface area contributed by atoms with Crippen molar-refractivity contribution in [3.8, 4) is 0 Å². The van der Waals surface area contributed by atoms with E-state index in [0.29, 0.717) is 19.3 Å². The fourth-order valence-corrected chi connectivity index (χ4v) is 4.42. The third kappa shape index (κ3) is 3.71. The molecule has 0 aromatic rings. The summed E-state index contributed by atoms with van der Waals surface area (Å²) < 4.78 is 5.75. The van der Waals surface area contributed by atoms with Crippen LogP contribution in [0, 0.1) is 17.8 Å². The summed E-state index contributed by atoms with van der Waals surface area (Å²) in [6, 6.07) is 0. The zero-order valence-corrected chi connectivity index (χ0v) is 12.0. The Bertz CT molecular complexity index is 278. The molecule has 0 heterocycles. The Morgan fingerprint density at radius 1 is 1.11 bits per heavy atom. The molecule has 0 radical (unpaired) electrons. The van der Waals surface area contributed by atoms with E-state index in [9.17, 15) is 5.11 Å². The van der Waals surface area contributed by atoms with E-state index >= 15 is 0 Å². The lowest BCUT2D eigenvalue weighted by Gasteiger charge is -2.23. The number of aliphatic hydroxyl groups is 1. The van der Waals surface area contributed by atoms with E-state index in [-0.39, 0.29) is 6.10 Å². The van der Waals surface area contributed by atoms with Crippen LogP contribution in [0.3, 0.4) is 0 Å². The number of nitrogens with one attached hydrogen (secondary N) is 1. The van der Waals surface area contributed by atoms with E-state index in [2.05, 4.69) is 5.32 Å². The summed E-state index contributed by atoms with van der Waals surface area (Å²) in [4.78, 5) is 0. The summed E-state index contributed by atoms with van der Waals surface area (Å²) in [5.41, 5.74) is 0. The van der Waals surface area contributed by atoms with Crippen LogP contribution in [-0.4, -0.2) is 37.0 Å². The average Bonchev–Trinajstić information content (AvgIpc) is 3.13. The Morgan fingerprint density at radius 3 is 2.63 bits per heavy atom. The fraction of sp³-hybridized carbons (Fsp3) is 1.00. The number of fused-ring (bicyclic) bond motifs is 2. The third-order valence-corrected chi connectivity index (χ3v) is 5.50. The second-order valence-corrected chi connectivity index (χ2v) is 6.99. The van der Waals surface area contributed by atoms with E-state index < -0.39 is 0 Å². The van der Waals surface area contributed by atoms with E-state index in [0.717, 1.165) is 24.3 Å². The van der Waals surface area contributed by atoms with Crippen molar-refractivity contribution < 1.29 is 9.84 Å². The Labute approximate surface area is 117 Å². The van der Waals surface area contributed by atoms with Crippen LogP contribution in [0.1, 0.15) is 51.4 Å². The van der Waals surface area contributed by atoms with Gasteiger partial charge in [0.2, 0.25) is 0 Å². The van der Waals surface area contributed by atoms with Gasteiger partial charge in [0, 0.05) is 6.54 Å². The molecule has 0 aliphatic heterocycles. The lowest BCUT2D eigenvalue weighted by Crippen LogP contribution is -2.35. The summed E-state index contributed by atoms with van der Waals surface area (Å²) in [6.07, 6.45) is 10.9. The van der Waals surface area contributed by atoms with Crippen LogP contribution in [-0.2, 0) is 4.74 Å². The lowest BCUT2D eigenvalue weighted by molar-refractivity contribution is -0.00577. The average molecular weight is 267 g/mol. The summed E-state index contributed by atoms with van der Waals surface area (Å²) in [6.45, 7) is 2.30. The van der Waals surface area contributed by atoms with Gasteiger partial charge in [-0.3, -0.25) is 0 Å². The fourth-order valence-electron chi connectivity index (χ4n) is 4.42. The van der Waals surface area contributed by atoms with Gasteiger partial charge < -0.3 is 15.2 Å². The summed E-state index contributed by atoms with van der Waals surface area (Å²) in [7, 11) is 0. The molecule has 0 spiro atoms. The number of rotatable bonds is 7. The maximum Gasteiger partial charge on any atom is 0.0897 e. The van der Waals surface area contributed by atoms with Crippen molar-refractivity contribution >= 4 is 0 Å². The monoisotopic (exact) mass is 267 g/mol. The maximum atomic E-state index is 9.93. The molecule has 0 aromatic carbocycles. The van der Waals surface area contributed by atoms with E-state index in [1.165, 1.54) is 51.4 Å². The summed E-state index contributed by atoms with van der Waals surface area (Å²) in [5.74, 6) is 2.87. The first-order valence-electron chi connectivity index (χ1n) is 8.31. The minimum Gasteiger partial charge on any atom is -0.389 e. The Balaban J connectivity index is 1.25. The van der Waals surface area contributed by atoms with Crippen molar-refractivity contribution in [2.45, 2.75) is 63.6 Å². The van der Waals surface area contributed by atoms with Crippen LogP contribution in [0.2, 0.25) is 0 Å². The summed E-state index contributed by atoms with van der Waals surface area (Å²) >= 11 is 0. The Morgan fingerprint density at radius 2 is 1.95 bits per heavy atom. The number of hydrogen-bond donors (Lipinski definition) is 2. The standard InChI is InChI=1S/C16H29NO2/c18-15(11-19-16-3-1-2-4-16)10-17-9-14-8-12-5-6-13(14)7-12/h12-18H,1-11H2. The van der Waals surface area contributed by atoms with Gasteiger partial charge in [-0.1, -0.05) is 19.3 Å². The van der Waals surface area contributed by atoms with Crippen LogP contribution in [0.4, 0.5) is 0 Å². The molecule has 0 aromatic heterocycles. The molecule has 4 atom stereocenters. The predicted molar refractivity (Wildman–Crippen MR) is 76.0 cm³/mol. The number of ether oxygens (including phenoxy) is 1. The zero-order valence-electron chi connectivity index (χ0n) is 12.0. The van der Waals surface area contributed by atoms with Gasteiger partial charge in [0.15, 0.2) is 0 Å². The quantitative estimate of drug-likeness (QED) is 0.744. The first kappa shape index (κ1) is 13.8. The molecule has 3 heteroatoms. The normalized spacial score (nSPS) is 36.2. The second kappa shape index (κ2) is 6.55. The van der Waals surface area contributed by atoms with Crippen molar-refractivity contribution in [3.05, 3.63) is 0 Å². The van der Waals surface area contributed by atoms with Gasteiger partial charge in [-0.15, -0.1) is 0 Å². The highest BCUT2D eigenvalue weighted by atomic mass is 16.5. The largest absolute Gasteiger partial charge is 0.389 e. The number of hydrogen-bond acceptors (Lipinski definition) is 3. The first-order valence-corrected chi connectivity index (χ1v) is 8.31. The van der Waals surface area contributed by atoms with Gasteiger partial charge in [-0.2, -0.15) is 0 Å². The highest BCUT2D eigenvalue weighted by Gasteiger charge is 2.38. The second-order valence-electron chi connectivity index (χ2n) is 6.99. The highest BCUT2D eigenvalue weighted by Crippen LogP contribution is 2.47. The van der Waals surface area contributed by atoms with Crippen LogP contribution < -0.4 is 5.32 Å². The van der Waals surface area contributed by atoms with Gasteiger partial charge in [-0.05, 0) is 56.4 Å². The van der Waals surface area contributed by atoms with E-state index in [1.807, 2.05) is 0 Å². The van der Waals surface area contributed by atoms with E-state index in [1.54, 1.807) is 0 Å². The molecule has 0 amide bonds. The maximum absolute atomic E-state index is 9.93. The predicted octanol–water partition coefficient (Wildman–Crippen LogP) is 2.33. The van der Waals surface area contributed by atoms with Gasteiger partial charge >= 0.3 is 0 Å². The highest BCUT2D eigenvalue weighted by molar-refractivity contribution is 4.90. The van der Waals surface area contributed by atoms with Gasteiger partial charge in [0.05, 0.1) is 18.8 Å². The molecule has 2 bridgehead atoms. The van der Waals surface area contributed by atoms with Crippen LogP contribution in [0.5, 0.6) is 0 Å². The van der Waals surface area contributed by atoms with Crippen LogP contribution in [0.15, 0.2) is 0 Å². The van der Waals surface area contributed by atoms with Gasteiger partial charge in [0.1, 0.15) is 0 Å². The van der Waals surface area contributed by atoms with Gasteiger partial charge in [-0.25, -0.2) is 0 Å².